The van der Waals surface area contributed by atoms with E-state index in [0.29, 0.717) is 24.5 Å². The van der Waals surface area contributed by atoms with E-state index in [0.717, 1.165) is 47.9 Å². The van der Waals surface area contributed by atoms with Crippen LogP contribution in [0, 0.1) is 6.92 Å². The third kappa shape index (κ3) is 6.34. The quantitative estimate of drug-likeness (QED) is 0.290. The fourth-order valence-electron chi connectivity index (χ4n) is 3.29. The minimum atomic E-state index is -4.35. The molecule has 0 radical (unpaired) electrons. The minimum Gasteiger partial charge on any atom is -0.494 e. The van der Waals surface area contributed by atoms with Gasteiger partial charge in [0.2, 0.25) is 5.89 Å². The molecule has 0 unspecified atom stereocenters. The number of hydrogen-bond acceptors (Lipinski definition) is 5. The molecular weight excluding hydrogens is 445 g/mol. The van der Waals surface area contributed by atoms with Crippen molar-refractivity contribution in [3.8, 4) is 5.75 Å². The van der Waals surface area contributed by atoms with Crippen molar-refractivity contribution >= 4 is 12.2 Å². The summed E-state index contributed by atoms with van der Waals surface area (Å²) >= 11 is 0. The molecule has 9 heteroatoms. The third-order valence-corrected chi connectivity index (χ3v) is 5.13. The van der Waals surface area contributed by atoms with Gasteiger partial charge >= 0.3 is 6.18 Å². The van der Waals surface area contributed by atoms with Crippen LogP contribution in [0.15, 0.2) is 65.3 Å². The van der Waals surface area contributed by atoms with Crippen molar-refractivity contribution in [2.24, 2.45) is 0 Å². The summed E-state index contributed by atoms with van der Waals surface area (Å²) in [4.78, 5) is 4.40. The largest absolute Gasteiger partial charge is 0.494 e. The molecule has 4 aromatic rings. The van der Waals surface area contributed by atoms with E-state index in [-0.39, 0.29) is 0 Å². The second kappa shape index (κ2) is 10.4. The number of hydrogen-bond donors (Lipinski definition) is 0. The molecule has 0 atom stereocenters. The Morgan fingerprint density at radius 3 is 2.47 bits per heavy atom. The zero-order valence-electron chi connectivity index (χ0n) is 18.5. The molecule has 2 aromatic carbocycles. The monoisotopic (exact) mass is 468 g/mol. The third-order valence-electron chi connectivity index (χ3n) is 5.13. The van der Waals surface area contributed by atoms with Gasteiger partial charge in [-0.1, -0.05) is 29.5 Å². The van der Waals surface area contributed by atoms with Crippen molar-refractivity contribution in [2.75, 3.05) is 6.61 Å². The van der Waals surface area contributed by atoms with E-state index in [4.69, 9.17) is 9.15 Å². The van der Waals surface area contributed by atoms with Crippen LogP contribution in [0.1, 0.15) is 40.5 Å². The van der Waals surface area contributed by atoms with E-state index < -0.39 is 11.7 Å². The second-order valence-corrected chi connectivity index (χ2v) is 7.70. The average Bonchev–Trinajstić information content (AvgIpc) is 3.46. The van der Waals surface area contributed by atoms with Gasteiger partial charge in [-0.2, -0.15) is 13.2 Å². The van der Waals surface area contributed by atoms with Crippen molar-refractivity contribution < 1.29 is 22.3 Å². The maximum atomic E-state index is 12.7. The fraction of sp³-hybridized carbons (Fsp3) is 0.240. The van der Waals surface area contributed by atoms with E-state index in [1.807, 2.05) is 37.4 Å². The number of oxazole rings is 1. The lowest BCUT2D eigenvalue weighted by atomic mass is 10.1. The minimum absolute atomic E-state index is 0.403. The summed E-state index contributed by atoms with van der Waals surface area (Å²) in [5.74, 6) is 1.92. The molecule has 0 N–H and O–H groups in total. The molecule has 2 heterocycles. The number of halogens is 3. The Morgan fingerprint density at radius 1 is 1.03 bits per heavy atom. The normalized spacial score (nSPS) is 11.9. The van der Waals surface area contributed by atoms with Gasteiger partial charge in [-0.15, -0.1) is 5.10 Å². The highest BCUT2D eigenvalue weighted by atomic mass is 19.4. The van der Waals surface area contributed by atoms with Gasteiger partial charge in [0.15, 0.2) is 0 Å². The maximum absolute atomic E-state index is 12.7. The van der Waals surface area contributed by atoms with Crippen molar-refractivity contribution in [2.45, 2.75) is 32.5 Å². The van der Waals surface area contributed by atoms with E-state index in [1.54, 1.807) is 23.0 Å². The Labute approximate surface area is 194 Å². The van der Waals surface area contributed by atoms with E-state index in [1.165, 1.54) is 12.1 Å². The Kier molecular flexibility index (Phi) is 7.10. The molecule has 2 aromatic heterocycles. The van der Waals surface area contributed by atoms with Crippen LogP contribution in [0.3, 0.4) is 0 Å². The summed E-state index contributed by atoms with van der Waals surface area (Å²) < 4.78 is 51.4. The Balaban J connectivity index is 1.30. The highest BCUT2D eigenvalue weighted by Crippen LogP contribution is 2.29. The topological polar surface area (TPSA) is 66.0 Å². The zero-order valence-corrected chi connectivity index (χ0v) is 18.5. The number of ether oxygens (including phenoxy) is 1. The molecule has 0 saturated heterocycles. The maximum Gasteiger partial charge on any atom is 0.416 e. The van der Waals surface area contributed by atoms with Gasteiger partial charge in [-0.3, -0.25) is 4.68 Å². The Bertz CT molecular complexity index is 1210. The van der Waals surface area contributed by atoms with Crippen LogP contribution in [0.2, 0.25) is 0 Å². The first-order valence-electron chi connectivity index (χ1n) is 10.7. The lowest BCUT2D eigenvalue weighted by molar-refractivity contribution is -0.137. The Hall–Kier alpha value is -3.88. The molecule has 4 rings (SSSR count). The van der Waals surface area contributed by atoms with Gasteiger partial charge in [-0.25, -0.2) is 4.98 Å². The smallest absolute Gasteiger partial charge is 0.416 e. The predicted molar refractivity (Wildman–Crippen MR) is 121 cm³/mol. The summed E-state index contributed by atoms with van der Waals surface area (Å²) in [6.45, 7) is 3.19. The average molecular weight is 468 g/mol. The number of rotatable bonds is 9. The highest BCUT2D eigenvalue weighted by molar-refractivity contribution is 5.66. The van der Waals surface area contributed by atoms with Crippen molar-refractivity contribution in [3.05, 3.63) is 95.0 Å². The zero-order chi connectivity index (χ0) is 24.0. The lowest BCUT2D eigenvalue weighted by Crippen LogP contribution is -2.05. The molecule has 0 aliphatic carbocycles. The SMILES string of the molecule is Cc1nc(/C=C/c2ccc(C(F)(F)F)cc2)oc1Cc1ccc(OCCCn2ccnn2)cc1. The van der Waals surface area contributed by atoms with Gasteiger partial charge in [0.1, 0.15) is 11.5 Å². The van der Waals surface area contributed by atoms with Crippen LogP contribution >= 0.6 is 0 Å². The van der Waals surface area contributed by atoms with Gasteiger partial charge in [0.05, 0.1) is 24.1 Å². The summed E-state index contributed by atoms with van der Waals surface area (Å²) in [6, 6.07) is 12.7. The molecule has 0 bridgehead atoms. The molecule has 0 aliphatic rings. The van der Waals surface area contributed by atoms with E-state index >= 15 is 0 Å². The second-order valence-electron chi connectivity index (χ2n) is 7.70. The number of aromatic nitrogens is 4. The van der Waals surface area contributed by atoms with Crippen LogP contribution in [0.25, 0.3) is 12.2 Å². The van der Waals surface area contributed by atoms with Crippen molar-refractivity contribution in [3.63, 3.8) is 0 Å². The molecule has 0 aliphatic heterocycles. The first-order chi connectivity index (χ1) is 16.4. The van der Waals surface area contributed by atoms with Gasteiger partial charge < -0.3 is 9.15 Å². The van der Waals surface area contributed by atoms with E-state index in [2.05, 4.69) is 15.3 Å². The van der Waals surface area contributed by atoms with Crippen LogP contribution < -0.4 is 4.74 Å². The molecule has 34 heavy (non-hydrogen) atoms. The molecule has 0 amide bonds. The van der Waals surface area contributed by atoms with Gasteiger partial charge in [-0.05, 0) is 48.4 Å². The van der Waals surface area contributed by atoms with Crippen LogP contribution in [0.5, 0.6) is 5.75 Å². The Morgan fingerprint density at radius 2 is 1.79 bits per heavy atom. The molecule has 0 saturated carbocycles. The summed E-state index contributed by atoms with van der Waals surface area (Å²) in [7, 11) is 0. The summed E-state index contributed by atoms with van der Waals surface area (Å²) in [5, 5.41) is 7.68. The predicted octanol–water partition coefficient (Wildman–Crippen LogP) is 5.82. The summed E-state index contributed by atoms with van der Waals surface area (Å²) in [6.07, 6.45) is 3.83. The van der Waals surface area contributed by atoms with Crippen LogP contribution in [-0.2, 0) is 19.1 Å². The molecule has 6 nitrogen and oxygen atoms in total. The highest BCUT2D eigenvalue weighted by Gasteiger charge is 2.29. The first-order valence-corrected chi connectivity index (χ1v) is 10.7. The number of benzene rings is 2. The number of alkyl halides is 3. The van der Waals surface area contributed by atoms with Gasteiger partial charge in [0, 0.05) is 31.7 Å². The van der Waals surface area contributed by atoms with Crippen LogP contribution in [0.4, 0.5) is 13.2 Å². The van der Waals surface area contributed by atoms with E-state index in [9.17, 15) is 13.2 Å². The van der Waals surface area contributed by atoms with Crippen molar-refractivity contribution in [1.29, 1.82) is 0 Å². The molecule has 0 spiro atoms. The summed E-state index contributed by atoms with van der Waals surface area (Å²) in [5.41, 5.74) is 1.76. The lowest BCUT2D eigenvalue weighted by Gasteiger charge is -2.07. The molecule has 0 fully saturated rings. The van der Waals surface area contributed by atoms with Crippen LogP contribution in [-0.4, -0.2) is 26.6 Å². The molecule has 176 valence electrons. The number of nitrogens with zero attached hydrogens (tertiary/aromatic N) is 4. The first kappa shape index (κ1) is 23.3. The standard InChI is InChI=1S/C25H23F3N4O2/c1-18-23(34-24(30-18)12-7-19-3-8-21(9-4-19)25(26,27)28)17-20-5-10-22(11-6-20)33-16-2-14-32-15-13-29-31-32/h3-13,15H,2,14,16-17H2,1H3/b12-7+. The number of aryl methyl sites for hydroxylation is 2. The van der Waals surface area contributed by atoms with Gasteiger partial charge in [0.25, 0.3) is 0 Å². The fourth-order valence-corrected chi connectivity index (χ4v) is 3.29. The molecular formula is C25H23F3N4O2. The van der Waals surface area contributed by atoms with Crippen molar-refractivity contribution in [1.82, 2.24) is 20.0 Å².